The first-order valence-electron chi connectivity index (χ1n) is 7.73. The van der Waals surface area contributed by atoms with Crippen molar-refractivity contribution in [2.75, 3.05) is 12.3 Å². The Kier molecular flexibility index (Phi) is 5.64. The SMILES string of the molecule is CCCNC(Cc1ccnc(N)c1)C1CCCCC1. The summed E-state index contributed by atoms with van der Waals surface area (Å²) in [6.45, 7) is 3.34. The number of nitrogens with one attached hydrogen (secondary N) is 1. The van der Waals surface area contributed by atoms with Crippen LogP contribution in [0.2, 0.25) is 0 Å². The lowest BCUT2D eigenvalue weighted by atomic mass is 9.81. The molecule has 1 aromatic heterocycles. The maximum absolute atomic E-state index is 5.78. The Hall–Kier alpha value is -1.09. The smallest absolute Gasteiger partial charge is 0.123 e. The molecule has 0 aromatic carbocycles. The number of hydrogen-bond donors (Lipinski definition) is 2. The summed E-state index contributed by atoms with van der Waals surface area (Å²) in [5.41, 5.74) is 7.09. The van der Waals surface area contributed by atoms with E-state index in [2.05, 4.69) is 23.3 Å². The highest BCUT2D eigenvalue weighted by Gasteiger charge is 2.23. The number of nitrogens with zero attached hydrogens (tertiary/aromatic N) is 1. The van der Waals surface area contributed by atoms with Crippen molar-refractivity contribution in [2.24, 2.45) is 5.92 Å². The Morgan fingerprint density at radius 2 is 2.16 bits per heavy atom. The molecule has 0 aliphatic heterocycles. The van der Waals surface area contributed by atoms with Gasteiger partial charge >= 0.3 is 0 Å². The zero-order valence-corrected chi connectivity index (χ0v) is 12.1. The van der Waals surface area contributed by atoms with Crippen LogP contribution in [0.15, 0.2) is 18.3 Å². The minimum atomic E-state index is 0.599. The van der Waals surface area contributed by atoms with Crippen molar-refractivity contribution >= 4 is 5.82 Å². The molecule has 0 radical (unpaired) electrons. The van der Waals surface area contributed by atoms with Crippen LogP contribution < -0.4 is 11.1 Å². The second-order valence-corrected chi connectivity index (χ2v) is 5.75. The molecule has 0 bridgehead atoms. The molecule has 2 rings (SSSR count). The zero-order valence-electron chi connectivity index (χ0n) is 12.1. The van der Waals surface area contributed by atoms with Crippen LogP contribution in [0.25, 0.3) is 0 Å². The fourth-order valence-electron chi connectivity index (χ4n) is 3.15. The molecule has 1 aliphatic rings. The van der Waals surface area contributed by atoms with E-state index in [1.54, 1.807) is 0 Å². The molecule has 1 aliphatic carbocycles. The molecule has 1 aromatic rings. The molecular formula is C16H27N3. The van der Waals surface area contributed by atoms with Gasteiger partial charge in [0.2, 0.25) is 0 Å². The summed E-state index contributed by atoms with van der Waals surface area (Å²) in [5, 5.41) is 3.75. The van der Waals surface area contributed by atoms with Gasteiger partial charge in [-0.1, -0.05) is 26.2 Å². The van der Waals surface area contributed by atoms with E-state index in [0.29, 0.717) is 11.9 Å². The molecule has 0 saturated heterocycles. The van der Waals surface area contributed by atoms with Gasteiger partial charge in [0.15, 0.2) is 0 Å². The number of rotatable bonds is 6. The first kappa shape index (κ1) is 14.3. The van der Waals surface area contributed by atoms with Crippen LogP contribution in [-0.4, -0.2) is 17.6 Å². The molecule has 106 valence electrons. The Morgan fingerprint density at radius 3 is 2.84 bits per heavy atom. The third-order valence-electron chi connectivity index (χ3n) is 4.18. The number of nitrogens with two attached hydrogens (primary N) is 1. The number of nitrogen functional groups attached to an aromatic ring is 1. The minimum absolute atomic E-state index is 0.599. The van der Waals surface area contributed by atoms with E-state index in [-0.39, 0.29) is 0 Å². The summed E-state index contributed by atoms with van der Waals surface area (Å²) < 4.78 is 0. The normalized spacial score (nSPS) is 18.4. The summed E-state index contributed by atoms with van der Waals surface area (Å²) in [6, 6.07) is 4.71. The topological polar surface area (TPSA) is 50.9 Å². The summed E-state index contributed by atoms with van der Waals surface area (Å²) in [7, 11) is 0. The quantitative estimate of drug-likeness (QED) is 0.827. The van der Waals surface area contributed by atoms with Crippen LogP contribution in [-0.2, 0) is 6.42 Å². The number of aromatic nitrogens is 1. The molecule has 0 amide bonds. The Labute approximate surface area is 117 Å². The lowest BCUT2D eigenvalue weighted by Crippen LogP contribution is -2.39. The predicted octanol–water partition coefficient (Wildman–Crippen LogP) is 3.15. The molecule has 0 spiro atoms. The van der Waals surface area contributed by atoms with Crippen molar-refractivity contribution in [3.8, 4) is 0 Å². The molecule has 1 atom stereocenters. The summed E-state index contributed by atoms with van der Waals surface area (Å²) in [4.78, 5) is 4.08. The summed E-state index contributed by atoms with van der Waals surface area (Å²) in [6.07, 6.45) is 11.1. The molecule has 1 fully saturated rings. The van der Waals surface area contributed by atoms with Crippen molar-refractivity contribution in [3.63, 3.8) is 0 Å². The van der Waals surface area contributed by atoms with Crippen molar-refractivity contribution in [1.82, 2.24) is 10.3 Å². The first-order chi connectivity index (χ1) is 9.29. The average molecular weight is 261 g/mol. The van der Waals surface area contributed by atoms with Gasteiger partial charge in [0.25, 0.3) is 0 Å². The molecule has 1 unspecified atom stereocenters. The predicted molar refractivity (Wildman–Crippen MR) is 81.0 cm³/mol. The lowest BCUT2D eigenvalue weighted by Gasteiger charge is -2.31. The fourth-order valence-corrected chi connectivity index (χ4v) is 3.15. The summed E-state index contributed by atoms with van der Waals surface area (Å²) >= 11 is 0. The largest absolute Gasteiger partial charge is 0.384 e. The number of anilines is 1. The highest BCUT2D eigenvalue weighted by molar-refractivity contribution is 5.32. The molecule has 3 nitrogen and oxygen atoms in total. The maximum atomic E-state index is 5.78. The van der Waals surface area contributed by atoms with Crippen molar-refractivity contribution < 1.29 is 0 Å². The van der Waals surface area contributed by atoms with Crippen LogP contribution >= 0.6 is 0 Å². The summed E-state index contributed by atoms with van der Waals surface area (Å²) in [5.74, 6) is 1.46. The molecule has 1 saturated carbocycles. The zero-order chi connectivity index (χ0) is 13.5. The van der Waals surface area contributed by atoms with Crippen LogP contribution in [0, 0.1) is 5.92 Å². The highest BCUT2D eigenvalue weighted by atomic mass is 14.9. The van der Waals surface area contributed by atoms with E-state index in [1.807, 2.05) is 12.3 Å². The second kappa shape index (κ2) is 7.49. The van der Waals surface area contributed by atoms with Gasteiger partial charge in [-0.3, -0.25) is 0 Å². The van der Waals surface area contributed by atoms with E-state index >= 15 is 0 Å². The lowest BCUT2D eigenvalue weighted by molar-refractivity contribution is 0.267. The monoisotopic (exact) mass is 261 g/mol. The van der Waals surface area contributed by atoms with Gasteiger partial charge in [-0.15, -0.1) is 0 Å². The highest BCUT2D eigenvalue weighted by Crippen LogP contribution is 2.28. The molecule has 1 heterocycles. The number of pyridine rings is 1. The van der Waals surface area contributed by atoms with Gasteiger partial charge in [-0.2, -0.15) is 0 Å². The Balaban J connectivity index is 1.99. The Bertz CT molecular complexity index is 372. The van der Waals surface area contributed by atoms with E-state index in [1.165, 1.54) is 44.1 Å². The molecule has 3 N–H and O–H groups in total. The Morgan fingerprint density at radius 1 is 1.37 bits per heavy atom. The van der Waals surface area contributed by atoms with Gasteiger partial charge in [0.05, 0.1) is 0 Å². The first-order valence-corrected chi connectivity index (χ1v) is 7.73. The second-order valence-electron chi connectivity index (χ2n) is 5.75. The number of hydrogen-bond acceptors (Lipinski definition) is 3. The molecule has 3 heteroatoms. The molecular weight excluding hydrogens is 234 g/mol. The van der Waals surface area contributed by atoms with Gasteiger partial charge in [0.1, 0.15) is 5.82 Å². The average Bonchev–Trinajstić information content (AvgIpc) is 2.44. The van der Waals surface area contributed by atoms with Crippen LogP contribution in [0.1, 0.15) is 51.0 Å². The van der Waals surface area contributed by atoms with Crippen LogP contribution in [0.3, 0.4) is 0 Å². The van der Waals surface area contributed by atoms with Gasteiger partial charge in [0, 0.05) is 12.2 Å². The van der Waals surface area contributed by atoms with Gasteiger partial charge < -0.3 is 11.1 Å². The molecule has 19 heavy (non-hydrogen) atoms. The van der Waals surface area contributed by atoms with Crippen LogP contribution in [0.5, 0.6) is 0 Å². The van der Waals surface area contributed by atoms with Crippen molar-refractivity contribution in [2.45, 2.75) is 57.9 Å². The van der Waals surface area contributed by atoms with E-state index in [9.17, 15) is 0 Å². The minimum Gasteiger partial charge on any atom is -0.384 e. The standard InChI is InChI=1S/C16H27N3/c1-2-9-18-15(14-6-4-3-5-7-14)11-13-8-10-19-16(17)12-13/h8,10,12,14-15,18H,2-7,9,11H2,1H3,(H2,17,19). The maximum Gasteiger partial charge on any atom is 0.123 e. The van der Waals surface area contributed by atoms with E-state index < -0.39 is 0 Å². The van der Waals surface area contributed by atoms with E-state index in [0.717, 1.165) is 18.9 Å². The third-order valence-corrected chi connectivity index (χ3v) is 4.18. The van der Waals surface area contributed by atoms with Crippen LogP contribution in [0.4, 0.5) is 5.82 Å². The third kappa shape index (κ3) is 4.50. The van der Waals surface area contributed by atoms with Crippen molar-refractivity contribution in [3.05, 3.63) is 23.9 Å². The van der Waals surface area contributed by atoms with Crippen molar-refractivity contribution in [1.29, 1.82) is 0 Å². The van der Waals surface area contributed by atoms with E-state index in [4.69, 9.17) is 5.73 Å². The fraction of sp³-hybridized carbons (Fsp3) is 0.688. The van der Waals surface area contributed by atoms with Gasteiger partial charge in [-0.05, 0) is 55.8 Å². The van der Waals surface area contributed by atoms with Gasteiger partial charge in [-0.25, -0.2) is 4.98 Å².